The van der Waals surface area contributed by atoms with E-state index >= 15 is 0 Å². The molecule has 3 rings (SSSR count). The average Bonchev–Trinajstić information content (AvgIpc) is 3.40. The minimum absolute atomic E-state index is 0.236. The second-order valence-corrected chi connectivity index (χ2v) is 7.43. The summed E-state index contributed by atoms with van der Waals surface area (Å²) in [4.78, 5) is 6.54. The van der Waals surface area contributed by atoms with Crippen LogP contribution in [-0.2, 0) is 17.7 Å². The largest absolute Gasteiger partial charge is 0.468 e. The molecule has 0 bridgehead atoms. The molecule has 0 aliphatic carbocycles. The summed E-state index contributed by atoms with van der Waals surface area (Å²) in [6, 6.07) is 9.41. The van der Waals surface area contributed by atoms with Gasteiger partial charge in [0.15, 0.2) is 0 Å². The van der Waals surface area contributed by atoms with Gasteiger partial charge in [0.1, 0.15) is 5.76 Å². The fourth-order valence-electron chi connectivity index (χ4n) is 2.96. The number of halogens is 1. The van der Waals surface area contributed by atoms with Gasteiger partial charge in [-0.25, -0.2) is 0 Å². The number of ether oxygens (including phenoxy) is 1. The molecule has 1 aromatic carbocycles. The van der Waals surface area contributed by atoms with Crippen molar-refractivity contribution in [3.63, 3.8) is 0 Å². The molecule has 2 aromatic heterocycles. The molecule has 1 N–H and O–H groups in total. The summed E-state index contributed by atoms with van der Waals surface area (Å²) in [5, 5.41) is 15.0. The maximum Gasteiger partial charge on any atom is 0.228 e. The van der Waals surface area contributed by atoms with Gasteiger partial charge < -0.3 is 18.8 Å². The lowest BCUT2D eigenvalue weighted by Crippen LogP contribution is -2.36. The zero-order valence-corrected chi connectivity index (χ0v) is 17.7. The Morgan fingerprint density at radius 1 is 1.37 bits per heavy atom. The van der Waals surface area contributed by atoms with Crippen LogP contribution in [0.15, 0.2) is 58.2 Å². The molecule has 0 aliphatic rings. The van der Waals surface area contributed by atoms with Crippen molar-refractivity contribution in [1.29, 1.82) is 0 Å². The molecule has 0 saturated heterocycles. The molecule has 0 spiro atoms. The number of furan rings is 1. The number of rotatable bonds is 12. The molecule has 3 aromatic rings. The smallest absolute Gasteiger partial charge is 0.228 e. The van der Waals surface area contributed by atoms with Crippen molar-refractivity contribution in [3.05, 3.63) is 71.5 Å². The predicted octanol–water partition coefficient (Wildman–Crippen LogP) is 3.90. The molecule has 0 aliphatic heterocycles. The summed E-state index contributed by atoms with van der Waals surface area (Å²) < 4.78 is 16.2. The lowest BCUT2D eigenvalue weighted by Gasteiger charge is -2.23. The van der Waals surface area contributed by atoms with Gasteiger partial charge in [0, 0.05) is 30.1 Å². The van der Waals surface area contributed by atoms with Crippen LogP contribution in [0.25, 0.3) is 11.4 Å². The van der Waals surface area contributed by atoms with E-state index in [1.807, 2.05) is 37.3 Å². The first-order valence-electron chi connectivity index (χ1n) is 9.75. The minimum Gasteiger partial charge on any atom is -0.468 e. The standard InChI is InChI=1S/C22H26ClN3O4/c1-3-10-28-15-18(27)13-26(14-19-5-4-11-29-19)9-8-21-24-22(25-30-21)17-7-6-16(2)20(23)12-17/h3-7,11-12,18,27H,1,8-10,13-15H2,2H3/t18-/m0/s1. The van der Waals surface area contributed by atoms with E-state index in [4.69, 9.17) is 25.3 Å². The van der Waals surface area contributed by atoms with Gasteiger partial charge in [-0.15, -0.1) is 6.58 Å². The van der Waals surface area contributed by atoms with Gasteiger partial charge >= 0.3 is 0 Å². The Balaban J connectivity index is 1.60. The van der Waals surface area contributed by atoms with E-state index in [1.165, 1.54) is 0 Å². The third-order valence-electron chi connectivity index (χ3n) is 4.51. The quantitative estimate of drug-likeness (QED) is 0.344. The van der Waals surface area contributed by atoms with E-state index in [9.17, 15) is 5.11 Å². The number of nitrogens with zero attached hydrogens (tertiary/aromatic N) is 3. The second-order valence-electron chi connectivity index (χ2n) is 7.02. The molecule has 2 heterocycles. The molecule has 8 heteroatoms. The van der Waals surface area contributed by atoms with Crippen LogP contribution in [0.4, 0.5) is 0 Å². The highest BCUT2D eigenvalue weighted by Crippen LogP contribution is 2.23. The van der Waals surface area contributed by atoms with Crippen molar-refractivity contribution in [1.82, 2.24) is 15.0 Å². The van der Waals surface area contributed by atoms with Gasteiger partial charge in [0.25, 0.3) is 0 Å². The third-order valence-corrected chi connectivity index (χ3v) is 4.92. The van der Waals surface area contributed by atoms with Gasteiger partial charge in [-0.1, -0.05) is 35.0 Å². The second kappa shape index (κ2) is 11.1. The van der Waals surface area contributed by atoms with Gasteiger partial charge in [0.2, 0.25) is 11.7 Å². The van der Waals surface area contributed by atoms with Crippen LogP contribution in [0.2, 0.25) is 5.02 Å². The number of aliphatic hydroxyl groups excluding tert-OH is 1. The Hall–Kier alpha value is -2.45. The SMILES string of the molecule is C=CCOC[C@@H](O)CN(CCc1nc(-c2ccc(C)c(Cl)c2)no1)Cc1ccco1. The molecule has 7 nitrogen and oxygen atoms in total. The molecule has 0 radical (unpaired) electrons. The van der Waals surface area contributed by atoms with Crippen LogP contribution < -0.4 is 0 Å². The van der Waals surface area contributed by atoms with Crippen molar-refractivity contribution in [2.45, 2.75) is 26.0 Å². The van der Waals surface area contributed by atoms with E-state index in [0.717, 1.165) is 16.9 Å². The predicted molar refractivity (Wildman–Crippen MR) is 114 cm³/mol. The monoisotopic (exact) mass is 431 g/mol. The van der Waals surface area contributed by atoms with Gasteiger partial charge in [-0.3, -0.25) is 4.90 Å². The first kappa shape index (κ1) is 22.2. The van der Waals surface area contributed by atoms with Gasteiger partial charge in [-0.2, -0.15) is 4.98 Å². The van der Waals surface area contributed by atoms with Gasteiger partial charge in [0.05, 0.1) is 32.1 Å². The summed E-state index contributed by atoms with van der Waals surface area (Å²) in [5.41, 5.74) is 1.80. The first-order chi connectivity index (χ1) is 14.5. The van der Waals surface area contributed by atoms with E-state index in [1.54, 1.807) is 12.3 Å². The summed E-state index contributed by atoms with van der Waals surface area (Å²) in [7, 11) is 0. The molecule has 0 amide bonds. The molecule has 30 heavy (non-hydrogen) atoms. The van der Waals surface area contributed by atoms with Crippen LogP contribution in [0.1, 0.15) is 17.2 Å². The van der Waals surface area contributed by atoms with Crippen LogP contribution >= 0.6 is 11.6 Å². The fraction of sp³-hybridized carbons (Fsp3) is 0.364. The molecular formula is C22H26ClN3O4. The van der Waals surface area contributed by atoms with Gasteiger partial charge in [-0.05, 0) is 30.7 Å². The van der Waals surface area contributed by atoms with Crippen LogP contribution in [0.3, 0.4) is 0 Å². The normalized spacial score (nSPS) is 12.4. The maximum absolute atomic E-state index is 10.3. The van der Waals surface area contributed by atoms with Crippen molar-refractivity contribution in [2.24, 2.45) is 0 Å². The third kappa shape index (κ3) is 6.53. The Morgan fingerprint density at radius 2 is 2.23 bits per heavy atom. The van der Waals surface area contributed by atoms with E-state index in [2.05, 4.69) is 21.6 Å². The molecule has 0 fully saturated rings. The Bertz CT molecular complexity index is 926. The maximum atomic E-state index is 10.3. The first-order valence-corrected chi connectivity index (χ1v) is 10.1. The Labute approximate surface area is 180 Å². The number of hydrogen-bond donors (Lipinski definition) is 1. The Kier molecular flexibility index (Phi) is 8.21. The van der Waals surface area contributed by atoms with Crippen molar-refractivity contribution in [2.75, 3.05) is 26.3 Å². The summed E-state index contributed by atoms with van der Waals surface area (Å²) >= 11 is 6.19. The lowest BCUT2D eigenvalue weighted by molar-refractivity contribution is 0.0232. The zero-order valence-electron chi connectivity index (χ0n) is 17.0. The Morgan fingerprint density at radius 3 is 2.97 bits per heavy atom. The molecule has 160 valence electrons. The van der Waals surface area contributed by atoms with Crippen LogP contribution in [0, 0.1) is 6.92 Å². The van der Waals surface area contributed by atoms with Crippen molar-refractivity contribution < 1.29 is 18.8 Å². The van der Waals surface area contributed by atoms with Crippen LogP contribution in [-0.4, -0.2) is 52.6 Å². The lowest BCUT2D eigenvalue weighted by atomic mass is 10.1. The highest BCUT2D eigenvalue weighted by atomic mass is 35.5. The molecule has 0 unspecified atom stereocenters. The molecule has 1 atom stereocenters. The van der Waals surface area contributed by atoms with E-state index in [0.29, 0.717) is 49.4 Å². The van der Waals surface area contributed by atoms with Crippen LogP contribution in [0.5, 0.6) is 0 Å². The summed E-state index contributed by atoms with van der Waals surface area (Å²) in [6.07, 6.45) is 3.19. The topological polar surface area (TPSA) is 84.8 Å². The number of hydrogen-bond acceptors (Lipinski definition) is 7. The number of aryl methyl sites for hydroxylation is 1. The average molecular weight is 432 g/mol. The minimum atomic E-state index is -0.632. The molecular weight excluding hydrogens is 406 g/mol. The number of aliphatic hydroxyl groups is 1. The summed E-state index contributed by atoms with van der Waals surface area (Å²) in [5.74, 6) is 1.83. The fourth-order valence-corrected chi connectivity index (χ4v) is 3.14. The summed E-state index contributed by atoms with van der Waals surface area (Å²) in [6.45, 7) is 7.77. The van der Waals surface area contributed by atoms with Crippen molar-refractivity contribution >= 4 is 11.6 Å². The van der Waals surface area contributed by atoms with Crippen molar-refractivity contribution in [3.8, 4) is 11.4 Å². The number of aromatic nitrogens is 2. The van der Waals surface area contributed by atoms with E-state index < -0.39 is 6.10 Å². The number of benzene rings is 1. The highest BCUT2D eigenvalue weighted by Gasteiger charge is 2.16. The zero-order chi connectivity index (χ0) is 21.3. The highest BCUT2D eigenvalue weighted by molar-refractivity contribution is 6.31. The molecule has 0 saturated carbocycles. The van der Waals surface area contributed by atoms with E-state index in [-0.39, 0.29) is 6.61 Å².